The maximum atomic E-state index is 13.3. The third kappa shape index (κ3) is 3.73. The predicted octanol–water partition coefficient (Wildman–Crippen LogP) is 4.04. The summed E-state index contributed by atoms with van der Waals surface area (Å²) in [5.74, 6) is 0.518. The van der Waals surface area contributed by atoms with Gasteiger partial charge in [-0.3, -0.25) is 4.79 Å². The lowest BCUT2D eigenvalue weighted by atomic mass is 9.99. The Kier molecular flexibility index (Phi) is 4.93. The number of fused-ring (bicyclic) bond motifs is 1. The van der Waals surface area contributed by atoms with E-state index < -0.39 is 23.1 Å². The van der Waals surface area contributed by atoms with Crippen molar-refractivity contribution in [1.29, 1.82) is 0 Å². The lowest BCUT2D eigenvalue weighted by Crippen LogP contribution is -2.36. The average Bonchev–Trinajstić information content (AvgIpc) is 3.45. The Balaban J connectivity index is 1.44. The van der Waals surface area contributed by atoms with Gasteiger partial charge in [-0.05, 0) is 24.3 Å². The number of morpholine rings is 1. The number of carbonyl (C=O) groups excluding carboxylic acids is 1. The first-order valence-electron chi connectivity index (χ1n) is 9.99. The summed E-state index contributed by atoms with van der Waals surface area (Å²) in [7, 11) is 0. The lowest BCUT2D eigenvalue weighted by Gasteiger charge is -2.27. The van der Waals surface area contributed by atoms with E-state index >= 15 is 0 Å². The number of ether oxygens (including phenoxy) is 1. The van der Waals surface area contributed by atoms with Crippen LogP contribution in [0, 0.1) is 0 Å². The van der Waals surface area contributed by atoms with Gasteiger partial charge in [0.05, 0.1) is 30.0 Å². The second kappa shape index (κ2) is 7.79. The number of H-pyrrole nitrogens is 2. The second-order valence-electron chi connectivity index (χ2n) is 7.40. The van der Waals surface area contributed by atoms with Crippen LogP contribution in [0.5, 0.6) is 0 Å². The van der Waals surface area contributed by atoms with Gasteiger partial charge in [-0.1, -0.05) is 18.2 Å². The smallest absolute Gasteiger partial charge is 0.378 e. The molecular formula is C22H18F3N5O2. The largest absolute Gasteiger partial charge is 0.417 e. The minimum Gasteiger partial charge on any atom is -0.378 e. The molecule has 4 heterocycles. The van der Waals surface area contributed by atoms with Crippen LogP contribution in [0.15, 0.2) is 48.7 Å². The maximum absolute atomic E-state index is 13.3. The van der Waals surface area contributed by atoms with E-state index in [1.807, 2.05) is 12.1 Å². The SMILES string of the molecule is O=C(c1c[nH]c(-c2nc3nc(N4CCOCC4)ccc3[nH]2)c1)c1ccccc1C(F)(F)F. The standard InChI is InChI=1S/C22H18F3N5O2/c23-22(24,25)15-4-2-1-3-14(15)19(31)13-11-17(26-12-13)21-27-16-5-6-18(28-20(16)29-21)30-7-9-32-10-8-30/h1-6,11-12,26H,7-10H2,(H,27,28,29). The van der Waals surface area contributed by atoms with Crippen molar-refractivity contribution in [2.75, 3.05) is 31.2 Å². The molecule has 0 bridgehead atoms. The number of benzene rings is 1. The van der Waals surface area contributed by atoms with Gasteiger partial charge in [0.15, 0.2) is 17.3 Å². The van der Waals surface area contributed by atoms with Crippen molar-refractivity contribution in [3.63, 3.8) is 0 Å². The Labute approximate surface area is 180 Å². The van der Waals surface area contributed by atoms with E-state index in [2.05, 4.69) is 24.8 Å². The fraction of sp³-hybridized carbons (Fsp3) is 0.227. The van der Waals surface area contributed by atoms with Gasteiger partial charge in [0.1, 0.15) is 5.82 Å². The molecule has 0 spiro atoms. The number of pyridine rings is 1. The number of nitrogens with zero attached hydrogens (tertiary/aromatic N) is 3. The number of aromatic amines is 2. The molecule has 1 saturated heterocycles. The number of hydrogen-bond acceptors (Lipinski definition) is 5. The molecule has 10 heteroatoms. The summed E-state index contributed by atoms with van der Waals surface area (Å²) >= 11 is 0. The molecular weight excluding hydrogens is 423 g/mol. The quantitative estimate of drug-likeness (QED) is 0.467. The van der Waals surface area contributed by atoms with Crippen LogP contribution in [0.1, 0.15) is 21.5 Å². The first-order chi connectivity index (χ1) is 15.4. The molecule has 3 aromatic heterocycles. The number of aromatic nitrogens is 4. The average molecular weight is 441 g/mol. The molecule has 5 rings (SSSR count). The van der Waals surface area contributed by atoms with E-state index in [9.17, 15) is 18.0 Å². The molecule has 0 radical (unpaired) electrons. The van der Waals surface area contributed by atoms with Gasteiger partial charge in [0.2, 0.25) is 0 Å². The number of anilines is 1. The third-order valence-electron chi connectivity index (χ3n) is 5.34. The minimum atomic E-state index is -4.62. The van der Waals surface area contributed by atoms with Crippen molar-refractivity contribution in [3.8, 4) is 11.5 Å². The monoisotopic (exact) mass is 441 g/mol. The highest BCUT2D eigenvalue weighted by Crippen LogP contribution is 2.33. The second-order valence-corrected chi connectivity index (χ2v) is 7.40. The highest BCUT2D eigenvalue weighted by atomic mass is 19.4. The van der Waals surface area contributed by atoms with Crippen molar-refractivity contribution < 1.29 is 22.7 Å². The van der Waals surface area contributed by atoms with Gasteiger partial charge in [0, 0.05) is 30.4 Å². The van der Waals surface area contributed by atoms with E-state index in [1.165, 1.54) is 30.5 Å². The first kappa shape index (κ1) is 20.3. The Morgan fingerprint density at radius 2 is 1.84 bits per heavy atom. The van der Waals surface area contributed by atoms with Crippen molar-refractivity contribution in [2.45, 2.75) is 6.18 Å². The van der Waals surface area contributed by atoms with Gasteiger partial charge in [-0.15, -0.1) is 0 Å². The third-order valence-corrected chi connectivity index (χ3v) is 5.34. The van der Waals surface area contributed by atoms with Crippen molar-refractivity contribution >= 4 is 22.8 Å². The zero-order chi connectivity index (χ0) is 22.3. The van der Waals surface area contributed by atoms with E-state index in [0.717, 1.165) is 25.0 Å². The fourth-order valence-electron chi connectivity index (χ4n) is 3.72. The van der Waals surface area contributed by atoms with Crippen molar-refractivity contribution in [3.05, 3.63) is 65.4 Å². The molecule has 1 aromatic carbocycles. The topological polar surface area (TPSA) is 86.9 Å². The predicted molar refractivity (Wildman–Crippen MR) is 112 cm³/mol. The van der Waals surface area contributed by atoms with Crippen LogP contribution in [-0.4, -0.2) is 52.0 Å². The van der Waals surface area contributed by atoms with E-state index in [4.69, 9.17) is 4.74 Å². The normalized spacial score (nSPS) is 14.8. The molecule has 0 atom stereocenters. The molecule has 32 heavy (non-hydrogen) atoms. The molecule has 0 saturated carbocycles. The van der Waals surface area contributed by atoms with E-state index in [0.29, 0.717) is 35.9 Å². The van der Waals surface area contributed by atoms with Gasteiger partial charge in [-0.2, -0.15) is 13.2 Å². The van der Waals surface area contributed by atoms with Crippen LogP contribution in [0.3, 0.4) is 0 Å². The zero-order valence-corrected chi connectivity index (χ0v) is 16.7. The summed E-state index contributed by atoms with van der Waals surface area (Å²) in [5.41, 5.74) is 0.446. The number of rotatable bonds is 4. The Morgan fingerprint density at radius 3 is 2.62 bits per heavy atom. The molecule has 1 fully saturated rings. The number of halogens is 3. The number of imidazole rings is 1. The molecule has 0 unspecified atom stereocenters. The number of carbonyl (C=O) groups is 1. The van der Waals surface area contributed by atoms with Gasteiger partial charge >= 0.3 is 6.18 Å². The van der Waals surface area contributed by atoms with Gasteiger partial charge in [-0.25, -0.2) is 9.97 Å². The Bertz CT molecular complexity index is 1290. The highest BCUT2D eigenvalue weighted by molar-refractivity contribution is 6.10. The number of hydrogen-bond donors (Lipinski definition) is 2. The lowest BCUT2D eigenvalue weighted by molar-refractivity contribution is -0.137. The van der Waals surface area contributed by atoms with Crippen molar-refractivity contribution in [2.24, 2.45) is 0 Å². The van der Waals surface area contributed by atoms with E-state index in [1.54, 1.807) is 0 Å². The summed E-state index contributed by atoms with van der Waals surface area (Å²) in [4.78, 5) is 30.0. The Hall–Kier alpha value is -3.66. The molecule has 1 aliphatic rings. The maximum Gasteiger partial charge on any atom is 0.417 e. The fourth-order valence-corrected chi connectivity index (χ4v) is 3.72. The molecule has 0 aliphatic carbocycles. The molecule has 2 N–H and O–H groups in total. The molecule has 1 aliphatic heterocycles. The molecule has 0 amide bonds. The summed E-state index contributed by atoms with van der Waals surface area (Å²) in [6, 6.07) is 10.00. The molecule has 7 nitrogen and oxygen atoms in total. The first-order valence-corrected chi connectivity index (χ1v) is 9.99. The summed E-state index contributed by atoms with van der Waals surface area (Å²) in [6.45, 7) is 2.78. The summed E-state index contributed by atoms with van der Waals surface area (Å²) in [6.07, 6.45) is -3.24. The van der Waals surface area contributed by atoms with E-state index in [-0.39, 0.29) is 5.56 Å². The number of ketones is 1. The molecule has 4 aromatic rings. The number of nitrogens with one attached hydrogen (secondary N) is 2. The summed E-state index contributed by atoms with van der Waals surface area (Å²) in [5, 5.41) is 0. The molecule has 164 valence electrons. The highest BCUT2D eigenvalue weighted by Gasteiger charge is 2.35. The van der Waals surface area contributed by atoms with Crippen LogP contribution in [0.2, 0.25) is 0 Å². The minimum absolute atomic E-state index is 0.110. The van der Waals surface area contributed by atoms with Crippen LogP contribution in [0.25, 0.3) is 22.7 Å². The Morgan fingerprint density at radius 1 is 1.06 bits per heavy atom. The van der Waals surface area contributed by atoms with Crippen LogP contribution in [0.4, 0.5) is 19.0 Å². The van der Waals surface area contributed by atoms with Gasteiger partial charge in [0.25, 0.3) is 0 Å². The van der Waals surface area contributed by atoms with Gasteiger partial charge < -0.3 is 19.6 Å². The van der Waals surface area contributed by atoms with Crippen molar-refractivity contribution in [1.82, 2.24) is 19.9 Å². The zero-order valence-electron chi connectivity index (χ0n) is 16.7. The van der Waals surface area contributed by atoms with Crippen LogP contribution >= 0.6 is 0 Å². The summed E-state index contributed by atoms with van der Waals surface area (Å²) < 4.78 is 45.2. The van der Waals surface area contributed by atoms with Crippen LogP contribution in [-0.2, 0) is 10.9 Å². The van der Waals surface area contributed by atoms with Crippen LogP contribution < -0.4 is 4.90 Å². The number of alkyl halides is 3.